The number of anilines is 1. The Balaban J connectivity index is 1.64. The summed E-state index contributed by atoms with van der Waals surface area (Å²) in [7, 11) is -1.78. The van der Waals surface area contributed by atoms with Crippen molar-refractivity contribution in [3.63, 3.8) is 0 Å². The van der Waals surface area contributed by atoms with Crippen LogP contribution < -0.4 is 10.1 Å². The summed E-state index contributed by atoms with van der Waals surface area (Å²) in [5, 5.41) is 2.76. The zero-order chi connectivity index (χ0) is 23.3. The van der Waals surface area contributed by atoms with Gasteiger partial charge in [-0.3, -0.25) is 9.78 Å². The molecule has 0 aliphatic carbocycles. The van der Waals surface area contributed by atoms with Gasteiger partial charge in [0, 0.05) is 32.4 Å². The molecular weight excluding hydrogens is 440 g/mol. The molecule has 33 heavy (non-hydrogen) atoms. The maximum atomic E-state index is 13.2. The predicted molar refractivity (Wildman–Crippen MR) is 126 cm³/mol. The Labute approximate surface area is 193 Å². The number of aromatic nitrogens is 1. The molecule has 2 heterocycles. The van der Waals surface area contributed by atoms with Crippen LogP contribution in [0.1, 0.15) is 15.9 Å². The van der Waals surface area contributed by atoms with E-state index in [-0.39, 0.29) is 17.1 Å². The molecule has 1 aromatic heterocycles. The van der Waals surface area contributed by atoms with Crippen LogP contribution in [0.4, 0.5) is 5.69 Å². The molecule has 1 aliphatic heterocycles. The highest BCUT2D eigenvalue weighted by atomic mass is 32.2. The Bertz CT molecular complexity index is 1200. The van der Waals surface area contributed by atoms with Crippen molar-refractivity contribution < 1.29 is 17.9 Å². The Kier molecular flexibility index (Phi) is 7.02. The number of sulfonamides is 1. The number of nitrogens with one attached hydrogen (secondary N) is 1. The molecule has 1 N–H and O–H groups in total. The molecule has 8 nitrogen and oxygen atoms in total. The number of amides is 1. The summed E-state index contributed by atoms with van der Waals surface area (Å²) in [6.07, 6.45) is 3.13. The van der Waals surface area contributed by atoms with Crippen LogP contribution in [0.3, 0.4) is 0 Å². The molecule has 0 radical (unpaired) electrons. The fourth-order valence-corrected chi connectivity index (χ4v) is 4.97. The number of rotatable bonds is 7. The molecule has 0 spiro atoms. The van der Waals surface area contributed by atoms with Gasteiger partial charge in [-0.2, -0.15) is 4.31 Å². The van der Waals surface area contributed by atoms with Gasteiger partial charge in [-0.1, -0.05) is 30.3 Å². The highest BCUT2D eigenvalue weighted by Crippen LogP contribution is 2.27. The largest absolute Gasteiger partial charge is 0.488 e. The predicted octanol–water partition coefficient (Wildman–Crippen LogP) is 2.85. The minimum Gasteiger partial charge on any atom is -0.488 e. The quantitative estimate of drug-likeness (QED) is 0.576. The van der Waals surface area contributed by atoms with Crippen molar-refractivity contribution in [3.05, 3.63) is 84.2 Å². The van der Waals surface area contributed by atoms with Crippen molar-refractivity contribution in [2.24, 2.45) is 0 Å². The smallest absolute Gasteiger partial charge is 0.259 e. The molecule has 1 amide bonds. The summed E-state index contributed by atoms with van der Waals surface area (Å²) >= 11 is 0. The van der Waals surface area contributed by atoms with Crippen molar-refractivity contribution in [1.29, 1.82) is 0 Å². The third kappa shape index (κ3) is 5.57. The molecule has 2 aromatic carbocycles. The van der Waals surface area contributed by atoms with E-state index in [0.717, 1.165) is 5.56 Å². The van der Waals surface area contributed by atoms with Gasteiger partial charge in [0.2, 0.25) is 10.0 Å². The second-order valence-electron chi connectivity index (χ2n) is 7.84. The fraction of sp³-hybridized carbons (Fsp3) is 0.250. The number of nitrogens with zero attached hydrogens (tertiary/aromatic N) is 3. The SMILES string of the molecule is CN1CCN(S(=O)(=O)c2ccc(OCc3ccccc3)c(C(=O)Nc3cccnc3)c2)CC1. The lowest BCUT2D eigenvalue weighted by Gasteiger charge is -2.31. The molecule has 1 saturated heterocycles. The highest BCUT2D eigenvalue weighted by molar-refractivity contribution is 7.89. The molecule has 1 aliphatic rings. The van der Waals surface area contributed by atoms with E-state index in [2.05, 4.69) is 15.2 Å². The van der Waals surface area contributed by atoms with Gasteiger partial charge < -0.3 is 15.0 Å². The second kappa shape index (κ2) is 10.1. The summed E-state index contributed by atoms with van der Waals surface area (Å²) in [6, 6.07) is 17.4. The number of carbonyl (C=O) groups excluding carboxylic acids is 1. The van der Waals surface area contributed by atoms with Crippen molar-refractivity contribution in [2.45, 2.75) is 11.5 Å². The summed E-state index contributed by atoms with van der Waals surface area (Å²) in [6.45, 7) is 2.38. The van der Waals surface area contributed by atoms with Crippen LogP contribution in [0.15, 0.2) is 78.0 Å². The van der Waals surface area contributed by atoms with Crippen LogP contribution in [0.5, 0.6) is 5.75 Å². The minimum atomic E-state index is -3.74. The van der Waals surface area contributed by atoms with Gasteiger partial charge >= 0.3 is 0 Å². The molecule has 172 valence electrons. The van der Waals surface area contributed by atoms with E-state index in [9.17, 15) is 13.2 Å². The second-order valence-corrected chi connectivity index (χ2v) is 9.77. The Morgan fingerprint density at radius 3 is 2.48 bits per heavy atom. The van der Waals surface area contributed by atoms with Gasteiger partial charge in [0.25, 0.3) is 5.91 Å². The Hall–Kier alpha value is -3.27. The van der Waals surface area contributed by atoms with Crippen LogP contribution in [0.25, 0.3) is 0 Å². The number of hydrogen-bond acceptors (Lipinski definition) is 6. The number of benzene rings is 2. The van der Waals surface area contributed by atoms with Crippen LogP contribution in [-0.2, 0) is 16.6 Å². The van der Waals surface area contributed by atoms with E-state index in [0.29, 0.717) is 37.6 Å². The van der Waals surface area contributed by atoms with Crippen molar-refractivity contribution in [1.82, 2.24) is 14.2 Å². The first kappa shape index (κ1) is 22.9. The van der Waals surface area contributed by atoms with Gasteiger partial charge in [-0.05, 0) is 42.9 Å². The average molecular weight is 467 g/mol. The van der Waals surface area contributed by atoms with Gasteiger partial charge in [0.1, 0.15) is 12.4 Å². The summed E-state index contributed by atoms with van der Waals surface area (Å²) in [5.74, 6) is -0.168. The van der Waals surface area contributed by atoms with Gasteiger partial charge in [0.05, 0.1) is 22.3 Å². The number of likely N-dealkylation sites (N-methyl/N-ethyl adjacent to an activating group) is 1. The normalized spacial score (nSPS) is 15.2. The summed E-state index contributed by atoms with van der Waals surface area (Å²) < 4.78 is 33.9. The Morgan fingerprint density at radius 2 is 1.79 bits per heavy atom. The van der Waals surface area contributed by atoms with E-state index in [4.69, 9.17) is 4.74 Å². The molecule has 4 rings (SSSR count). The monoisotopic (exact) mass is 466 g/mol. The zero-order valence-electron chi connectivity index (χ0n) is 18.3. The van der Waals surface area contributed by atoms with Gasteiger partial charge in [-0.15, -0.1) is 0 Å². The third-order valence-corrected chi connectivity index (χ3v) is 7.35. The number of pyridine rings is 1. The highest BCUT2D eigenvalue weighted by Gasteiger charge is 2.29. The molecule has 0 unspecified atom stereocenters. The summed E-state index contributed by atoms with van der Waals surface area (Å²) in [5.41, 5.74) is 1.58. The number of piperazine rings is 1. The lowest BCUT2D eigenvalue weighted by molar-refractivity contribution is 0.102. The van der Waals surface area contributed by atoms with E-state index in [1.807, 2.05) is 37.4 Å². The molecular formula is C24H26N4O4S. The van der Waals surface area contributed by atoms with E-state index < -0.39 is 15.9 Å². The minimum absolute atomic E-state index is 0.0652. The Morgan fingerprint density at radius 1 is 1.03 bits per heavy atom. The molecule has 9 heteroatoms. The first-order valence-corrected chi connectivity index (χ1v) is 12.1. The van der Waals surface area contributed by atoms with Crippen LogP contribution >= 0.6 is 0 Å². The lowest BCUT2D eigenvalue weighted by Crippen LogP contribution is -2.47. The number of ether oxygens (including phenoxy) is 1. The third-order valence-electron chi connectivity index (χ3n) is 5.45. The van der Waals surface area contributed by atoms with Crippen LogP contribution in [0, 0.1) is 0 Å². The first-order chi connectivity index (χ1) is 15.9. The van der Waals surface area contributed by atoms with E-state index in [1.165, 1.54) is 22.6 Å². The van der Waals surface area contributed by atoms with Crippen LogP contribution in [-0.4, -0.2) is 61.7 Å². The van der Waals surface area contributed by atoms with Crippen molar-refractivity contribution >= 4 is 21.6 Å². The fourth-order valence-electron chi connectivity index (χ4n) is 3.52. The topological polar surface area (TPSA) is 91.8 Å². The zero-order valence-corrected chi connectivity index (χ0v) is 19.2. The molecule has 0 atom stereocenters. The molecule has 1 fully saturated rings. The molecule has 0 saturated carbocycles. The number of carbonyl (C=O) groups is 1. The standard InChI is InChI=1S/C24H26N4O4S/c1-27-12-14-28(15-13-27)33(30,31)21-9-10-23(32-18-19-6-3-2-4-7-19)22(16-21)24(29)26-20-8-5-11-25-17-20/h2-11,16-17H,12-15,18H2,1H3,(H,26,29). The van der Waals surface area contributed by atoms with Gasteiger partial charge in [0.15, 0.2) is 0 Å². The maximum Gasteiger partial charge on any atom is 0.259 e. The number of hydrogen-bond donors (Lipinski definition) is 1. The van der Waals surface area contributed by atoms with Crippen LogP contribution in [0.2, 0.25) is 0 Å². The van der Waals surface area contributed by atoms with Gasteiger partial charge in [-0.25, -0.2) is 8.42 Å². The van der Waals surface area contributed by atoms with Crippen molar-refractivity contribution in [2.75, 3.05) is 38.5 Å². The lowest BCUT2D eigenvalue weighted by atomic mass is 10.1. The van der Waals surface area contributed by atoms with E-state index in [1.54, 1.807) is 24.4 Å². The van der Waals surface area contributed by atoms with Crippen molar-refractivity contribution in [3.8, 4) is 5.75 Å². The molecule has 3 aromatic rings. The molecule has 0 bridgehead atoms. The van der Waals surface area contributed by atoms with E-state index >= 15 is 0 Å². The first-order valence-electron chi connectivity index (χ1n) is 10.6. The maximum absolute atomic E-state index is 13.2. The average Bonchev–Trinajstić information content (AvgIpc) is 2.84. The summed E-state index contributed by atoms with van der Waals surface area (Å²) in [4.78, 5) is 19.3.